The number of aromatic nitrogens is 2. The largest absolute Gasteiger partial charge is 0.381 e. The van der Waals surface area contributed by atoms with Crippen molar-refractivity contribution in [2.75, 3.05) is 73.6 Å². The van der Waals surface area contributed by atoms with Crippen LogP contribution in [0.4, 0.5) is 22.0 Å². The van der Waals surface area contributed by atoms with Crippen molar-refractivity contribution in [1.29, 1.82) is 0 Å². The average Bonchev–Trinajstić information content (AvgIpc) is 3.85. The SMILES string of the molecule is C[C@H]1C[C@H]2[C@@H]3CC(F)C4=CC(=O)CC[C@]4(C)C3=CC[C@]2(C)[C@@]1(O)C(=O)CN1CCN(c2cc(N3CCCC3)nc(N3CCCC3)n2)CC1. The Morgan fingerprint density at radius 3 is 2.21 bits per heavy atom. The van der Waals surface area contributed by atoms with Gasteiger partial charge in [0.25, 0.3) is 0 Å². The Labute approximate surface area is 284 Å². The van der Waals surface area contributed by atoms with Crippen molar-refractivity contribution >= 4 is 29.2 Å². The molecule has 7 aliphatic rings. The summed E-state index contributed by atoms with van der Waals surface area (Å²) in [4.78, 5) is 45.8. The number of carbonyl (C=O) groups excluding carboxylic acids is 2. The molecule has 1 unspecified atom stereocenters. The number of rotatable bonds is 6. The molecular weight excluding hydrogens is 607 g/mol. The highest BCUT2D eigenvalue weighted by Gasteiger charge is 2.68. The zero-order chi connectivity index (χ0) is 33.4. The minimum atomic E-state index is -1.47. The van der Waals surface area contributed by atoms with Gasteiger partial charge in [0, 0.05) is 75.7 Å². The minimum absolute atomic E-state index is 0.0225. The van der Waals surface area contributed by atoms with Gasteiger partial charge >= 0.3 is 0 Å². The quantitative estimate of drug-likeness (QED) is 0.435. The monoisotopic (exact) mass is 660 g/mol. The van der Waals surface area contributed by atoms with Gasteiger partial charge in [-0.05, 0) is 80.8 Å². The fraction of sp³-hybridized carbons (Fsp3) is 0.737. The summed E-state index contributed by atoms with van der Waals surface area (Å²) in [6, 6.07) is 2.15. The zero-order valence-electron chi connectivity index (χ0n) is 29.1. The van der Waals surface area contributed by atoms with Crippen LogP contribution in [-0.2, 0) is 9.59 Å². The van der Waals surface area contributed by atoms with Crippen LogP contribution in [0.1, 0.15) is 78.6 Å². The first kappa shape index (κ1) is 32.4. The number of Topliss-reactive ketones (excluding diaryl/α,β-unsaturated/α-hetero) is 1. The second-order valence-corrected chi connectivity index (χ2v) is 16.5. The van der Waals surface area contributed by atoms with E-state index in [2.05, 4.69) is 45.6 Å². The number of piperazine rings is 1. The highest BCUT2D eigenvalue weighted by atomic mass is 19.1. The van der Waals surface area contributed by atoms with E-state index in [0.717, 1.165) is 69.9 Å². The topological polar surface area (TPSA) is 93.1 Å². The van der Waals surface area contributed by atoms with Crippen LogP contribution in [0.15, 0.2) is 29.4 Å². The van der Waals surface area contributed by atoms with Gasteiger partial charge in [-0.25, -0.2) is 4.39 Å². The molecule has 3 aliphatic heterocycles. The summed E-state index contributed by atoms with van der Waals surface area (Å²) < 4.78 is 15.8. The van der Waals surface area contributed by atoms with Crippen molar-refractivity contribution in [1.82, 2.24) is 14.9 Å². The zero-order valence-corrected chi connectivity index (χ0v) is 29.1. The summed E-state index contributed by atoms with van der Waals surface area (Å²) >= 11 is 0. The predicted molar refractivity (Wildman–Crippen MR) is 185 cm³/mol. The van der Waals surface area contributed by atoms with E-state index in [1.54, 1.807) is 6.08 Å². The van der Waals surface area contributed by atoms with E-state index in [0.29, 0.717) is 37.7 Å². The molecular formula is C38H53FN6O3. The second-order valence-electron chi connectivity index (χ2n) is 16.5. The third kappa shape index (κ3) is 4.97. The van der Waals surface area contributed by atoms with Crippen molar-refractivity contribution in [2.24, 2.45) is 28.6 Å². The lowest BCUT2D eigenvalue weighted by atomic mass is 9.50. The molecule has 5 fully saturated rings. The maximum absolute atomic E-state index is 15.8. The predicted octanol–water partition coefficient (Wildman–Crippen LogP) is 4.75. The molecule has 260 valence electrons. The highest BCUT2D eigenvalue weighted by Crippen LogP contribution is 2.67. The number of nitrogens with zero attached hydrogens (tertiary/aromatic N) is 6. The fourth-order valence-corrected chi connectivity index (χ4v) is 11.0. The van der Waals surface area contributed by atoms with Crippen LogP contribution in [0.5, 0.6) is 0 Å². The molecule has 3 saturated heterocycles. The molecule has 0 radical (unpaired) electrons. The van der Waals surface area contributed by atoms with E-state index in [4.69, 9.17) is 9.97 Å². The average molecular weight is 661 g/mol. The Bertz CT molecular complexity index is 1490. The summed E-state index contributed by atoms with van der Waals surface area (Å²) in [5, 5.41) is 12.5. The van der Waals surface area contributed by atoms with Gasteiger partial charge < -0.3 is 19.8 Å². The maximum Gasteiger partial charge on any atom is 0.229 e. The molecule has 10 heteroatoms. The number of hydrogen-bond acceptors (Lipinski definition) is 9. The van der Waals surface area contributed by atoms with E-state index in [1.165, 1.54) is 31.3 Å². The van der Waals surface area contributed by atoms with Crippen molar-refractivity contribution in [2.45, 2.75) is 90.3 Å². The van der Waals surface area contributed by atoms with Gasteiger partial charge in [-0.1, -0.05) is 32.4 Å². The molecule has 4 heterocycles. The summed E-state index contributed by atoms with van der Waals surface area (Å²) in [7, 11) is 0. The summed E-state index contributed by atoms with van der Waals surface area (Å²) in [6.07, 6.45) is 10.1. The molecule has 1 aromatic rings. The molecule has 48 heavy (non-hydrogen) atoms. The third-order valence-electron chi connectivity index (χ3n) is 13.9. The third-order valence-corrected chi connectivity index (χ3v) is 13.9. The van der Waals surface area contributed by atoms with E-state index in [-0.39, 0.29) is 35.9 Å². The van der Waals surface area contributed by atoms with Crippen LogP contribution in [0.2, 0.25) is 0 Å². The van der Waals surface area contributed by atoms with E-state index in [1.807, 2.05) is 6.92 Å². The highest BCUT2D eigenvalue weighted by molar-refractivity contribution is 5.92. The number of halogens is 1. The van der Waals surface area contributed by atoms with Crippen molar-refractivity contribution in [3.63, 3.8) is 0 Å². The Hall–Kier alpha value is -2.85. The van der Waals surface area contributed by atoms with Crippen LogP contribution in [0, 0.1) is 28.6 Å². The minimum Gasteiger partial charge on any atom is -0.381 e. The van der Waals surface area contributed by atoms with Crippen LogP contribution >= 0.6 is 0 Å². The number of alkyl halides is 1. The van der Waals surface area contributed by atoms with Gasteiger partial charge in [0.1, 0.15) is 23.4 Å². The molecule has 2 saturated carbocycles. The number of anilines is 3. The first-order valence-electron chi connectivity index (χ1n) is 18.7. The maximum atomic E-state index is 15.8. The smallest absolute Gasteiger partial charge is 0.229 e. The number of carbonyl (C=O) groups is 2. The first-order valence-corrected chi connectivity index (χ1v) is 18.7. The number of hydrogen-bond donors (Lipinski definition) is 1. The van der Waals surface area contributed by atoms with E-state index >= 15 is 4.39 Å². The molecule has 4 aliphatic carbocycles. The Kier molecular flexibility index (Phi) is 8.02. The van der Waals surface area contributed by atoms with E-state index < -0.39 is 22.6 Å². The molecule has 1 aromatic heterocycles. The molecule has 9 nitrogen and oxygen atoms in total. The van der Waals surface area contributed by atoms with Crippen LogP contribution in [0.25, 0.3) is 0 Å². The van der Waals surface area contributed by atoms with Gasteiger partial charge in [-0.3, -0.25) is 14.5 Å². The molecule has 0 spiro atoms. The van der Waals surface area contributed by atoms with Crippen molar-refractivity contribution in [3.8, 4) is 0 Å². The van der Waals surface area contributed by atoms with E-state index in [9.17, 15) is 14.7 Å². The van der Waals surface area contributed by atoms with Crippen molar-refractivity contribution < 1.29 is 19.1 Å². The number of ketones is 2. The van der Waals surface area contributed by atoms with Gasteiger partial charge in [0.2, 0.25) is 5.95 Å². The van der Waals surface area contributed by atoms with Gasteiger partial charge in [-0.15, -0.1) is 0 Å². The summed E-state index contributed by atoms with van der Waals surface area (Å²) in [5.74, 6) is 2.56. The van der Waals surface area contributed by atoms with Gasteiger partial charge in [0.05, 0.1) is 6.54 Å². The van der Waals surface area contributed by atoms with Gasteiger partial charge in [0.15, 0.2) is 11.6 Å². The Balaban J connectivity index is 0.975. The number of fused-ring (bicyclic) bond motifs is 5. The lowest BCUT2D eigenvalue weighted by Gasteiger charge is -2.55. The van der Waals surface area contributed by atoms with Crippen LogP contribution in [0.3, 0.4) is 0 Å². The second kappa shape index (κ2) is 11.9. The van der Waals surface area contributed by atoms with Crippen LogP contribution < -0.4 is 14.7 Å². The standard InChI is InChI=1S/C38H53FN6O3/c1-25-20-29-27-22-31(39)30-21-26(46)8-10-36(30,2)28(27)9-11-37(29,3)38(25,48)32(47)24-42-16-18-44(19-17-42)34-23-33(43-12-4-5-13-43)40-35(41-34)45-14-6-7-15-45/h9,21,23,25,27,29,31,48H,4-8,10-20,22,24H2,1-3H3/t25-,27+,29-,31?,36+,37-,38-/m0/s1. The summed E-state index contributed by atoms with van der Waals surface area (Å²) in [6.45, 7) is 13.5. The normalized spacial score (nSPS) is 38.4. The molecule has 7 atom stereocenters. The van der Waals surface area contributed by atoms with Gasteiger partial charge in [-0.2, -0.15) is 9.97 Å². The molecule has 0 aromatic carbocycles. The molecule has 0 amide bonds. The Morgan fingerprint density at radius 2 is 1.54 bits per heavy atom. The molecule has 0 bridgehead atoms. The number of allylic oxidation sites excluding steroid dienone is 4. The Morgan fingerprint density at radius 1 is 0.917 bits per heavy atom. The molecule has 8 rings (SSSR count). The van der Waals surface area contributed by atoms with Crippen LogP contribution in [-0.4, -0.2) is 102 Å². The lowest BCUT2D eigenvalue weighted by Crippen LogP contribution is -2.60. The fourth-order valence-electron chi connectivity index (χ4n) is 11.0. The molecule has 1 N–H and O–H groups in total. The lowest BCUT2D eigenvalue weighted by molar-refractivity contribution is -0.160. The van der Waals surface area contributed by atoms with Crippen molar-refractivity contribution in [3.05, 3.63) is 29.4 Å². The summed E-state index contributed by atoms with van der Waals surface area (Å²) in [5.41, 5.74) is -0.685. The first-order chi connectivity index (χ1) is 23.0. The number of aliphatic hydroxyl groups is 1.